The van der Waals surface area contributed by atoms with E-state index in [2.05, 4.69) is 4.98 Å². The Kier molecular flexibility index (Phi) is 1.71. The van der Waals surface area contributed by atoms with Gasteiger partial charge in [-0.3, -0.25) is 10.1 Å². The first-order valence-electron chi connectivity index (χ1n) is 4.90. The van der Waals surface area contributed by atoms with Gasteiger partial charge < -0.3 is 4.98 Å². The number of nitrogens with one attached hydrogen (secondary N) is 1. The molecule has 1 heterocycles. The Balaban J connectivity index is 2.56. The third-order valence-electron chi connectivity index (χ3n) is 2.75. The van der Waals surface area contributed by atoms with Gasteiger partial charge in [0.25, 0.3) is 5.69 Å². The summed E-state index contributed by atoms with van der Waals surface area (Å²) >= 11 is 0. The van der Waals surface area contributed by atoms with Crippen LogP contribution in [0.15, 0.2) is 42.6 Å². The van der Waals surface area contributed by atoms with Gasteiger partial charge in [0.15, 0.2) is 0 Å². The van der Waals surface area contributed by atoms with Crippen LogP contribution in [0.2, 0.25) is 0 Å². The van der Waals surface area contributed by atoms with E-state index in [1.165, 1.54) is 6.20 Å². The second-order valence-corrected chi connectivity index (χ2v) is 3.64. The summed E-state index contributed by atoms with van der Waals surface area (Å²) in [5, 5.41) is 13.5. The van der Waals surface area contributed by atoms with Crippen LogP contribution in [0.1, 0.15) is 0 Å². The first-order chi connectivity index (χ1) is 7.77. The number of hydrogen-bond donors (Lipinski definition) is 1. The summed E-state index contributed by atoms with van der Waals surface area (Å²) in [6, 6.07) is 11.5. The highest BCUT2D eigenvalue weighted by Gasteiger charge is 2.15. The first-order valence-corrected chi connectivity index (χ1v) is 4.90. The minimum atomic E-state index is -0.356. The molecular weight excluding hydrogens is 204 g/mol. The molecule has 16 heavy (non-hydrogen) atoms. The molecule has 0 saturated carbocycles. The molecule has 4 heteroatoms. The van der Waals surface area contributed by atoms with E-state index in [1.807, 2.05) is 36.4 Å². The molecule has 3 aromatic rings. The fourth-order valence-electron chi connectivity index (χ4n) is 2.03. The molecule has 1 N–H and O–H groups in total. The highest BCUT2D eigenvalue weighted by Crippen LogP contribution is 2.32. The smallest absolute Gasteiger partial charge is 0.295 e. The molecule has 0 atom stereocenters. The summed E-state index contributed by atoms with van der Waals surface area (Å²) in [7, 11) is 0. The average Bonchev–Trinajstić information content (AvgIpc) is 2.73. The maximum atomic E-state index is 10.9. The molecule has 0 aliphatic carbocycles. The molecule has 3 rings (SSSR count). The zero-order valence-electron chi connectivity index (χ0n) is 8.31. The average molecular weight is 212 g/mol. The van der Waals surface area contributed by atoms with Crippen LogP contribution >= 0.6 is 0 Å². The molecule has 0 spiro atoms. The van der Waals surface area contributed by atoms with Gasteiger partial charge in [0.1, 0.15) is 0 Å². The minimum Gasteiger partial charge on any atom is -0.355 e. The summed E-state index contributed by atoms with van der Waals surface area (Å²) in [6.45, 7) is 0. The lowest BCUT2D eigenvalue weighted by molar-refractivity contribution is -0.383. The van der Waals surface area contributed by atoms with E-state index in [0.29, 0.717) is 5.39 Å². The van der Waals surface area contributed by atoms with Crippen molar-refractivity contribution < 1.29 is 4.92 Å². The van der Waals surface area contributed by atoms with E-state index in [-0.39, 0.29) is 10.6 Å². The number of hydrogen-bond acceptors (Lipinski definition) is 2. The Labute approximate surface area is 90.7 Å². The molecule has 0 fully saturated rings. The highest BCUT2D eigenvalue weighted by atomic mass is 16.6. The van der Waals surface area contributed by atoms with Crippen molar-refractivity contribution in [3.05, 3.63) is 52.7 Å². The van der Waals surface area contributed by atoms with Gasteiger partial charge in [0.05, 0.1) is 22.0 Å². The molecule has 78 valence electrons. The summed E-state index contributed by atoms with van der Waals surface area (Å²) < 4.78 is 0. The van der Waals surface area contributed by atoms with Crippen LogP contribution in [0.25, 0.3) is 21.7 Å². The molecule has 0 unspecified atom stereocenters. The maximum Gasteiger partial charge on any atom is 0.295 e. The summed E-state index contributed by atoms with van der Waals surface area (Å²) in [6.07, 6.45) is 1.44. The van der Waals surface area contributed by atoms with Crippen molar-refractivity contribution in [1.82, 2.24) is 4.98 Å². The van der Waals surface area contributed by atoms with Crippen LogP contribution < -0.4 is 0 Å². The molecule has 0 aliphatic rings. The first kappa shape index (κ1) is 8.91. The molecule has 0 bridgehead atoms. The second-order valence-electron chi connectivity index (χ2n) is 3.64. The number of H-pyrrole nitrogens is 1. The zero-order valence-corrected chi connectivity index (χ0v) is 8.31. The predicted octanol–water partition coefficient (Wildman–Crippen LogP) is 3.23. The van der Waals surface area contributed by atoms with Crippen molar-refractivity contribution in [3.63, 3.8) is 0 Å². The van der Waals surface area contributed by atoms with E-state index in [9.17, 15) is 10.1 Å². The van der Waals surface area contributed by atoms with Crippen LogP contribution in [0.4, 0.5) is 5.69 Å². The van der Waals surface area contributed by atoms with Gasteiger partial charge in [0.2, 0.25) is 0 Å². The number of benzene rings is 2. The van der Waals surface area contributed by atoms with Crippen molar-refractivity contribution in [3.8, 4) is 0 Å². The maximum absolute atomic E-state index is 10.9. The molecule has 0 aliphatic heterocycles. The molecule has 2 aromatic carbocycles. The van der Waals surface area contributed by atoms with Gasteiger partial charge in [-0.05, 0) is 16.8 Å². The summed E-state index contributed by atoms with van der Waals surface area (Å²) in [4.78, 5) is 13.5. The number of aromatic nitrogens is 1. The molecular formula is C12H8N2O2. The predicted molar refractivity (Wildman–Crippen MR) is 62.5 cm³/mol. The summed E-state index contributed by atoms with van der Waals surface area (Å²) in [5.74, 6) is 0. The van der Waals surface area contributed by atoms with E-state index >= 15 is 0 Å². The van der Waals surface area contributed by atoms with E-state index < -0.39 is 0 Å². The monoisotopic (exact) mass is 212 g/mol. The normalized spacial score (nSPS) is 11.0. The zero-order chi connectivity index (χ0) is 11.1. The van der Waals surface area contributed by atoms with Crippen molar-refractivity contribution in [2.45, 2.75) is 0 Å². The standard InChI is InChI=1S/C12H8N2O2/c15-14(16)11-7-13-10-6-5-8-3-1-2-4-9(8)12(10)11/h1-7,13H. The lowest BCUT2D eigenvalue weighted by Crippen LogP contribution is -1.85. The lowest BCUT2D eigenvalue weighted by atomic mass is 10.1. The van der Waals surface area contributed by atoms with E-state index in [0.717, 1.165) is 16.3 Å². The van der Waals surface area contributed by atoms with E-state index in [4.69, 9.17) is 0 Å². The van der Waals surface area contributed by atoms with Crippen LogP contribution in [0, 0.1) is 10.1 Å². The number of aromatic amines is 1. The third-order valence-corrected chi connectivity index (χ3v) is 2.75. The SMILES string of the molecule is O=[N+]([O-])c1c[nH]c2ccc3ccccc3c12. The van der Waals surface area contributed by atoms with Crippen molar-refractivity contribution in [2.75, 3.05) is 0 Å². The Morgan fingerprint density at radius 1 is 1.12 bits per heavy atom. The van der Waals surface area contributed by atoms with Crippen molar-refractivity contribution >= 4 is 27.4 Å². The third kappa shape index (κ3) is 1.10. The molecule has 0 amide bonds. The Morgan fingerprint density at radius 3 is 2.75 bits per heavy atom. The van der Waals surface area contributed by atoms with Gasteiger partial charge >= 0.3 is 0 Å². The fourth-order valence-corrected chi connectivity index (χ4v) is 2.03. The number of rotatable bonds is 1. The minimum absolute atomic E-state index is 0.131. The van der Waals surface area contributed by atoms with Crippen molar-refractivity contribution in [1.29, 1.82) is 0 Å². The van der Waals surface area contributed by atoms with Gasteiger partial charge in [0, 0.05) is 0 Å². The second kappa shape index (κ2) is 3.06. The quantitative estimate of drug-likeness (QED) is 0.497. The highest BCUT2D eigenvalue weighted by molar-refractivity contribution is 6.11. The molecule has 1 aromatic heterocycles. The van der Waals surface area contributed by atoms with Gasteiger partial charge in [-0.15, -0.1) is 0 Å². The van der Waals surface area contributed by atoms with Crippen LogP contribution in [-0.2, 0) is 0 Å². The largest absolute Gasteiger partial charge is 0.355 e. The number of fused-ring (bicyclic) bond motifs is 3. The number of nitrogens with zero attached hydrogens (tertiary/aromatic N) is 1. The van der Waals surface area contributed by atoms with Gasteiger partial charge in [-0.1, -0.05) is 30.3 Å². The lowest BCUT2D eigenvalue weighted by Gasteiger charge is -1.98. The van der Waals surface area contributed by atoms with E-state index in [1.54, 1.807) is 0 Å². The van der Waals surface area contributed by atoms with Crippen LogP contribution in [0.3, 0.4) is 0 Å². The Hall–Kier alpha value is -2.36. The topological polar surface area (TPSA) is 58.9 Å². The van der Waals surface area contributed by atoms with Gasteiger partial charge in [-0.25, -0.2) is 0 Å². The molecule has 0 radical (unpaired) electrons. The Morgan fingerprint density at radius 2 is 1.94 bits per heavy atom. The summed E-state index contributed by atoms with van der Waals surface area (Å²) in [5.41, 5.74) is 0.928. The van der Waals surface area contributed by atoms with Crippen molar-refractivity contribution in [2.24, 2.45) is 0 Å². The Bertz CT molecular complexity index is 700. The molecule has 4 nitrogen and oxygen atoms in total. The van der Waals surface area contributed by atoms with Crippen LogP contribution in [-0.4, -0.2) is 9.91 Å². The van der Waals surface area contributed by atoms with Gasteiger partial charge in [-0.2, -0.15) is 0 Å². The number of nitro groups is 1. The molecule has 0 saturated heterocycles. The van der Waals surface area contributed by atoms with Crippen LogP contribution in [0.5, 0.6) is 0 Å². The fraction of sp³-hybridized carbons (Fsp3) is 0.